The van der Waals surface area contributed by atoms with E-state index in [1.54, 1.807) is 0 Å². The number of rotatable bonds is 1. The van der Waals surface area contributed by atoms with Crippen molar-refractivity contribution in [3.05, 3.63) is 34.4 Å². The summed E-state index contributed by atoms with van der Waals surface area (Å²) in [5.41, 5.74) is 3.86. The maximum atomic E-state index is 12.0. The molecule has 0 spiro atoms. The van der Waals surface area contributed by atoms with Gasteiger partial charge in [0.15, 0.2) is 5.78 Å². The minimum Gasteiger partial charge on any atom is -0.388 e. The van der Waals surface area contributed by atoms with Crippen LogP contribution >= 0.6 is 0 Å². The molecule has 0 saturated heterocycles. The maximum Gasteiger partial charge on any atom is 0.159 e. The van der Waals surface area contributed by atoms with Crippen molar-refractivity contribution in [2.75, 3.05) is 0 Å². The van der Waals surface area contributed by atoms with Gasteiger partial charge in [0.2, 0.25) is 0 Å². The van der Waals surface area contributed by atoms with Crippen molar-refractivity contribution in [2.24, 2.45) is 17.3 Å². The Kier molecular flexibility index (Phi) is 3.41. The lowest BCUT2D eigenvalue weighted by Gasteiger charge is -2.48. The quantitative estimate of drug-likeness (QED) is 0.793. The normalized spacial score (nSPS) is 41.0. The molecule has 3 heteroatoms. The molecule has 4 atom stereocenters. The fraction of sp³-hybridized carbons (Fsp3) is 0.619. The first-order valence-corrected chi connectivity index (χ1v) is 9.16. The molecule has 24 heavy (non-hydrogen) atoms. The van der Waals surface area contributed by atoms with E-state index < -0.39 is 5.60 Å². The van der Waals surface area contributed by atoms with Crippen molar-refractivity contribution in [1.82, 2.24) is 0 Å². The van der Waals surface area contributed by atoms with E-state index in [2.05, 4.69) is 25.1 Å². The number of nitrogens with zero attached hydrogens (tertiary/aromatic N) is 1. The number of carbonyl (C=O) groups is 1. The number of aliphatic hydroxyl groups is 1. The summed E-state index contributed by atoms with van der Waals surface area (Å²) in [6.07, 6.45) is 9.85. The summed E-state index contributed by atoms with van der Waals surface area (Å²) in [5.74, 6) is 1.18. The van der Waals surface area contributed by atoms with E-state index in [1.165, 1.54) is 16.7 Å². The molecule has 0 radical (unpaired) electrons. The highest BCUT2D eigenvalue weighted by Gasteiger charge is 2.59. The lowest BCUT2D eigenvalue weighted by molar-refractivity contribution is -0.115. The summed E-state index contributed by atoms with van der Waals surface area (Å²) in [4.78, 5) is 12.0. The van der Waals surface area contributed by atoms with Gasteiger partial charge in [-0.05, 0) is 73.2 Å². The van der Waals surface area contributed by atoms with Crippen molar-refractivity contribution in [2.45, 2.75) is 64.4 Å². The average molecular weight is 323 g/mol. The highest BCUT2D eigenvalue weighted by Crippen LogP contribution is 2.61. The molecule has 0 aromatic carbocycles. The number of ketones is 1. The molecule has 4 aliphatic carbocycles. The van der Waals surface area contributed by atoms with Gasteiger partial charge < -0.3 is 5.11 Å². The van der Waals surface area contributed by atoms with E-state index in [0.717, 1.165) is 31.3 Å². The first-order valence-electron chi connectivity index (χ1n) is 9.16. The highest BCUT2D eigenvalue weighted by molar-refractivity contribution is 5.98. The van der Waals surface area contributed by atoms with E-state index >= 15 is 0 Å². The Hall–Kier alpha value is -1.66. The third kappa shape index (κ3) is 1.90. The molecule has 0 bridgehead atoms. The largest absolute Gasteiger partial charge is 0.388 e. The van der Waals surface area contributed by atoms with Crippen LogP contribution in [0.25, 0.3) is 0 Å². The summed E-state index contributed by atoms with van der Waals surface area (Å²) in [6.45, 7) is 4.12. The van der Waals surface area contributed by atoms with Gasteiger partial charge in [0.25, 0.3) is 0 Å². The van der Waals surface area contributed by atoms with Gasteiger partial charge in [-0.15, -0.1) is 0 Å². The highest BCUT2D eigenvalue weighted by atomic mass is 16.3. The van der Waals surface area contributed by atoms with Gasteiger partial charge in [0.1, 0.15) is 0 Å². The molecule has 0 aliphatic heterocycles. The third-order valence-corrected chi connectivity index (χ3v) is 7.40. The Balaban J connectivity index is 1.82. The van der Waals surface area contributed by atoms with Gasteiger partial charge >= 0.3 is 0 Å². The monoisotopic (exact) mass is 323 g/mol. The molecule has 0 amide bonds. The van der Waals surface area contributed by atoms with Crippen molar-refractivity contribution in [3.63, 3.8) is 0 Å². The van der Waals surface area contributed by atoms with Gasteiger partial charge in [-0.1, -0.05) is 19.1 Å². The molecule has 0 aromatic rings. The van der Waals surface area contributed by atoms with Crippen LogP contribution in [0.5, 0.6) is 0 Å². The molecule has 4 rings (SSSR count). The second-order valence-electron chi connectivity index (χ2n) is 8.23. The smallest absolute Gasteiger partial charge is 0.159 e. The molecule has 0 heterocycles. The number of Topliss-reactive ketones (excluding diaryl/α,β-unsaturated/α-hetero) is 1. The zero-order valence-corrected chi connectivity index (χ0v) is 14.6. The Labute approximate surface area is 143 Å². The number of fused-ring (bicyclic) bond motifs is 4. The maximum absolute atomic E-state index is 12.0. The zero-order valence-electron chi connectivity index (χ0n) is 14.6. The zero-order chi connectivity index (χ0) is 17.1. The van der Waals surface area contributed by atoms with E-state index in [0.29, 0.717) is 30.5 Å². The summed E-state index contributed by atoms with van der Waals surface area (Å²) < 4.78 is 0. The van der Waals surface area contributed by atoms with Crippen LogP contribution in [0.2, 0.25) is 0 Å². The predicted octanol–water partition coefficient (Wildman–Crippen LogP) is 4.00. The van der Waals surface area contributed by atoms with Crippen molar-refractivity contribution < 1.29 is 9.90 Å². The third-order valence-electron chi connectivity index (χ3n) is 7.40. The minimum absolute atomic E-state index is 0.210. The van der Waals surface area contributed by atoms with Crippen molar-refractivity contribution in [3.8, 4) is 6.07 Å². The molecular weight excluding hydrogens is 298 g/mol. The van der Waals surface area contributed by atoms with Gasteiger partial charge in [-0.25, -0.2) is 0 Å². The number of carbonyl (C=O) groups excluding carboxylic acids is 1. The number of nitriles is 1. The fourth-order valence-corrected chi connectivity index (χ4v) is 5.83. The molecule has 1 saturated carbocycles. The summed E-state index contributed by atoms with van der Waals surface area (Å²) in [6, 6.07) is 2.20. The van der Waals surface area contributed by atoms with E-state index in [9.17, 15) is 9.90 Å². The Morgan fingerprint density at radius 1 is 1.29 bits per heavy atom. The second-order valence-corrected chi connectivity index (χ2v) is 8.23. The molecular formula is C21H25NO2. The van der Waals surface area contributed by atoms with E-state index in [-0.39, 0.29) is 11.8 Å². The molecule has 126 valence electrons. The average Bonchev–Trinajstić information content (AvgIpc) is 2.82. The van der Waals surface area contributed by atoms with E-state index in [1.807, 2.05) is 6.92 Å². The summed E-state index contributed by atoms with van der Waals surface area (Å²) in [7, 11) is 0. The van der Waals surface area contributed by atoms with Crippen LogP contribution < -0.4 is 0 Å². The standard InChI is InChI=1S/C21H25NO2/c1-13-14-3-4-17-16(15(14)5-6-19(13)23)7-9-20(2)18(17)8-10-21(20,24)11-12-22/h7,9,17-18,24H,3-6,8,10-11H2,1-2H3/t17-,18+,20+,21-/m1/s1. The topological polar surface area (TPSA) is 61.1 Å². The SMILES string of the molecule is CC1=C2CC[C@@H]3C(=C2CCC1=O)C=C[C@@]1(C)[C@H]3CC[C@@]1(O)CC#N. The van der Waals surface area contributed by atoms with Crippen LogP contribution in [-0.2, 0) is 4.79 Å². The molecule has 0 unspecified atom stereocenters. The van der Waals surface area contributed by atoms with Crippen LogP contribution in [0.15, 0.2) is 34.4 Å². The molecule has 3 nitrogen and oxygen atoms in total. The molecule has 0 aromatic heterocycles. The minimum atomic E-state index is -0.895. The van der Waals surface area contributed by atoms with Gasteiger partial charge in [0.05, 0.1) is 18.1 Å². The first kappa shape index (κ1) is 15.8. The first-order chi connectivity index (χ1) is 11.4. The lowest BCUT2D eigenvalue weighted by Crippen LogP contribution is -2.47. The number of hydrogen-bond donors (Lipinski definition) is 1. The van der Waals surface area contributed by atoms with Crippen LogP contribution in [0.1, 0.15) is 58.8 Å². The number of allylic oxidation sites excluding steroid dienone is 5. The summed E-state index contributed by atoms with van der Waals surface area (Å²) >= 11 is 0. The summed E-state index contributed by atoms with van der Waals surface area (Å²) in [5, 5.41) is 20.3. The Bertz CT molecular complexity index is 750. The van der Waals surface area contributed by atoms with Crippen LogP contribution in [-0.4, -0.2) is 16.5 Å². The van der Waals surface area contributed by atoms with Crippen molar-refractivity contribution in [1.29, 1.82) is 5.26 Å². The van der Waals surface area contributed by atoms with Crippen molar-refractivity contribution >= 4 is 5.78 Å². The lowest BCUT2D eigenvalue weighted by atomic mass is 9.57. The van der Waals surface area contributed by atoms with Gasteiger partial charge in [-0.3, -0.25) is 4.79 Å². The Morgan fingerprint density at radius 2 is 2.08 bits per heavy atom. The van der Waals surface area contributed by atoms with E-state index in [4.69, 9.17) is 5.26 Å². The number of hydrogen-bond acceptors (Lipinski definition) is 3. The van der Waals surface area contributed by atoms with Crippen LogP contribution in [0.4, 0.5) is 0 Å². The molecule has 1 N–H and O–H groups in total. The second kappa shape index (κ2) is 5.17. The van der Waals surface area contributed by atoms with Crippen LogP contribution in [0.3, 0.4) is 0 Å². The van der Waals surface area contributed by atoms with Gasteiger partial charge in [0, 0.05) is 11.8 Å². The fourth-order valence-electron chi connectivity index (χ4n) is 5.83. The van der Waals surface area contributed by atoms with Gasteiger partial charge in [-0.2, -0.15) is 5.26 Å². The molecule has 1 fully saturated rings. The Morgan fingerprint density at radius 3 is 2.83 bits per heavy atom. The predicted molar refractivity (Wildman–Crippen MR) is 91.8 cm³/mol. The van der Waals surface area contributed by atoms with Crippen LogP contribution in [0, 0.1) is 28.6 Å². The molecule has 4 aliphatic rings.